The van der Waals surface area contributed by atoms with Crippen molar-refractivity contribution in [2.45, 2.75) is 30.7 Å². The maximum atomic E-state index is 12.5. The Morgan fingerprint density at radius 3 is 2.19 bits per heavy atom. The van der Waals surface area contributed by atoms with Gasteiger partial charge in [-0.1, -0.05) is 28.1 Å². The van der Waals surface area contributed by atoms with Crippen molar-refractivity contribution in [3.05, 3.63) is 64.1 Å². The number of halogens is 1. The Hall–Kier alpha value is -1.70. The smallest absolute Gasteiger partial charge is 0.251 e. The molecule has 1 fully saturated rings. The van der Waals surface area contributed by atoms with E-state index in [4.69, 9.17) is 0 Å². The van der Waals surface area contributed by atoms with Gasteiger partial charge < -0.3 is 5.32 Å². The first-order chi connectivity index (χ1) is 12.4. The Kier molecular flexibility index (Phi) is 5.79. The minimum Gasteiger partial charge on any atom is -0.346 e. The number of hydrogen-bond acceptors (Lipinski definition) is 3. The van der Waals surface area contributed by atoms with Crippen molar-refractivity contribution in [1.29, 1.82) is 0 Å². The van der Waals surface area contributed by atoms with Gasteiger partial charge in [-0.3, -0.25) is 4.79 Å². The molecular weight excluding hydrogens is 416 g/mol. The molecule has 0 spiro atoms. The predicted molar refractivity (Wildman–Crippen MR) is 104 cm³/mol. The zero-order chi connectivity index (χ0) is 18.7. The van der Waals surface area contributed by atoms with E-state index in [-0.39, 0.29) is 16.8 Å². The number of hydrogen-bond donors (Lipinski definition) is 1. The molecule has 1 atom stereocenters. The van der Waals surface area contributed by atoms with Crippen LogP contribution in [0.5, 0.6) is 0 Å². The number of carbonyl (C=O) groups excluding carboxylic acids is 1. The molecule has 26 heavy (non-hydrogen) atoms. The largest absolute Gasteiger partial charge is 0.346 e. The molecule has 0 bridgehead atoms. The summed E-state index contributed by atoms with van der Waals surface area (Å²) >= 11 is 3.39. The van der Waals surface area contributed by atoms with Crippen LogP contribution in [0.3, 0.4) is 0 Å². The van der Waals surface area contributed by atoms with Crippen molar-refractivity contribution in [1.82, 2.24) is 9.62 Å². The fourth-order valence-electron chi connectivity index (χ4n) is 2.97. The summed E-state index contributed by atoms with van der Waals surface area (Å²) in [6, 6.07) is 13.7. The lowest BCUT2D eigenvalue weighted by atomic mass is 10.1. The average Bonchev–Trinajstić information content (AvgIpc) is 3.18. The first kappa shape index (κ1) is 19.1. The molecule has 1 N–H and O–H groups in total. The zero-order valence-electron chi connectivity index (χ0n) is 14.5. The van der Waals surface area contributed by atoms with Gasteiger partial charge in [-0.05, 0) is 61.7 Å². The molecule has 0 saturated carbocycles. The molecule has 1 saturated heterocycles. The van der Waals surface area contributed by atoms with Gasteiger partial charge in [0.2, 0.25) is 10.0 Å². The van der Waals surface area contributed by atoms with E-state index in [1.165, 1.54) is 16.4 Å². The Labute approximate surface area is 162 Å². The highest BCUT2D eigenvalue weighted by molar-refractivity contribution is 9.10. The van der Waals surface area contributed by atoms with Gasteiger partial charge in [-0.2, -0.15) is 4.31 Å². The van der Waals surface area contributed by atoms with Crippen LogP contribution in [0.2, 0.25) is 0 Å². The highest BCUT2D eigenvalue weighted by atomic mass is 79.9. The second-order valence-electron chi connectivity index (χ2n) is 6.38. The maximum Gasteiger partial charge on any atom is 0.251 e. The van der Waals surface area contributed by atoms with E-state index in [2.05, 4.69) is 21.2 Å². The lowest BCUT2D eigenvalue weighted by Gasteiger charge is -2.16. The molecule has 2 aromatic rings. The molecule has 138 valence electrons. The summed E-state index contributed by atoms with van der Waals surface area (Å²) in [6.07, 6.45) is 1.79. The fraction of sp³-hybridized carbons (Fsp3) is 0.316. The van der Waals surface area contributed by atoms with Crippen LogP contribution >= 0.6 is 15.9 Å². The van der Waals surface area contributed by atoms with Crippen molar-refractivity contribution < 1.29 is 13.2 Å². The SMILES string of the molecule is CC(NC(=O)c1ccc(S(=O)(=O)N2CCCC2)cc1)c1ccc(Br)cc1. The standard InChI is InChI=1S/C19H21BrN2O3S/c1-14(15-4-8-17(20)9-5-15)21-19(23)16-6-10-18(11-7-16)26(24,25)22-12-2-3-13-22/h4-11,14H,2-3,12-13H2,1H3,(H,21,23). The number of nitrogens with zero attached hydrogens (tertiary/aromatic N) is 1. The average molecular weight is 437 g/mol. The van der Waals surface area contributed by atoms with Gasteiger partial charge in [0, 0.05) is 23.1 Å². The number of nitrogens with one attached hydrogen (secondary N) is 1. The van der Waals surface area contributed by atoms with Crippen molar-refractivity contribution in [2.24, 2.45) is 0 Å². The second-order valence-corrected chi connectivity index (χ2v) is 9.24. The molecule has 1 amide bonds. The van der Waals surface area contributed by atoms with Crippen molar-refractivity contribution in [3.8, 4) is 0 Å². The minimum absolute atomic E-state index is 0.149. The first-order valence-electron chi connectivity index (χ1n) is 8.54. The van der Waals surface area contributed by atoms with E-state index in [0.29, 0.717) is 18.7 Å². The summed E-state index contributed by atoms with van der Waals surface area (Å²) in [4.78, 5) is 12.7. The summed E-state index contributed by atoms with van der Waals surface area (Å²) in [7, 11) is -3.45. The molecule has 1 aliphatic heterocycles. The topological polar surface area (TPSA) is 66.5 Å². The van der Waals surface area contributed by atoms with E-state index in [0.717, 1.165) is 22.9 Å². The third kappa shape index (κ3) is 4.16. The maximum absolute atomic E-state index is 12.5. The number of amides is 1. The third-order valence-corrected chi connectivity index (χ3v) is 6.98. The summed E-state index contributed by atoms with van der Waals surface area (Å²) in [5, 5.41) is 2.93. The molecule has 1 unspecified atom stereocenters. The zero-order valence-corrected chi connectivity index (χ0v) is 16.9. The van der Waals surface area contributed by atoms with Crippen molar-refractivity contribution in [3.63, 3.8) is 0 Å². The van der Waals surface area contributed by atoms with Crippen molar-refractivity contribution >= 4 is 31.9 Å². The van der Waals surface area contributed by atoms with Gasteiger partial charge in [-0.15, -0.1) is 0 Å². The minimum atomic E-state index is -3.45. The van der Waals surface area contributed by atoms with Crippen LogP contribution < -0.4 is 5.32 Å². The lowest BCUT2D eigenvalue weighted by Crippen LogP contribution is -2.28. The van der Waals surface area contributed by atoms with E-state index in [1.54, 1.807) is 12.1 Å². The summed E-state index contributed by atoms with van der Waals surface area (Å²) in [5.74, 6) is -0.231. The molecular formula is C19H21BrN2O3S. The summed E-state index contributed by atoms with van der Waals surface area (Å²) < 4.78 is 27.5. The van der Waals surface area contributed by atoms with Gasteiger partial charge in [0.25, 0.3) is 5.91 Å². The molecule has 7 heteroatoms. The van der Waals surface area contributed by atoms with Crippen LogP contribution in [0.1, 0.15) is 41.7 Å². The van der Waals surface area contributed by atoms with Crippen molar-refractivity contribution in [2.75, 3.05) is 13.1 Å². The van der Waals surface area contributed by atoms with E-state index >= 15 is 0 Å². The number of rotatable bonds is 5. The summed E-state index contributed by atoms with van der Waals surface area (Å²) in [6.45, 7) is 3.04. The monoisotopic (exact) mass is 436 g/mol. The Morgan fingerprint density at radius 2 is 1.62 bits per heavy atom. The number of sulfonamides is 1. The van der Waals surface area contributed by atoms with Crippen LogP contribution in [0.15, 0.2) is 57.9 Å². The second kappa shape index (κ2) is 7.90. The fourth-order valence-corrected chi connectivity index (χ4v) is 4.75. The number of carbonyl (C=O) groups is 1. The van der Waals surface area contributed by atoms with Gasteiger partial charge >= 0.3 is 0 Å². The highest BCUT2D eigenvalue weighted by Gasteiger charge is 2.27. The Morgan fingerprint density at radius 1 is 1.04 bits per heavy atom. The molecule has 1 heterocycles. The Balaban J connectivity index is 1.69. The summed E-state index contributed by atoms with van der Waals surface area (Å²) in [5.41, 5.74) is 1.43. The van der Waals surface area contributed by atoms with E-state index < -0.39 is 10.0 Å². The van der Waals surface area contributed by atoms with Gasteiger partial charge in [0.15, 0.2) is 0 Å². The van der Waals surface area contributed by atoms with Gasteiger partial charge in [0.1, 0.15) is 0 Å². The normalized spacial score (nSPS) is 16.4. The third-order valence-electron chi connectivity index (χ3n) is 4.54. The van der Waals surface area contributed by atoms with Crippen LogP contribution in [0, 0.1) is 0 Å². The molecule has 3 rings (SSSR count). The highest BCUT2D eigenvalue weighted by Crippen LogP contribution is 2.21. The molecule has 0 aromatic heterocycles. The van der Waals surface area contributed by atoms with E-state index in [1.807, 2.05) is 31.2 Å². The van der Waals surface area contributed by atoms with Crippen LogP contribution in [0.4, 0.5) is 0 Å². The lowest BCUT2D eigenvalue weighted by molar-refractivity contribution is 0.0940. The van der Waals surface area contributed by atoms with Crippen LogP contribution in [-0.4, -0.2) is 31.7 Å². The van der Waals surface area contributed by atoms with Crippen LogP contribution in [-0.2, 0) is 10.0 Å². The quantitative estimate of drug-likeness (QED) is 0.776. The molecule has 5 nitrogen and oxygen atoms in total. The molecule has 0 radical (unpaired) electrons. The van der Waals surface area contributed by atoms with Crippen LogP contribution in [0.25, 0.3) is 0 Å². The molecule has 2 aromatic carbocycles. The molecule has 0 aliphatic carbocycles. The molecule has 1 aliphatic rings. The number of benzene rings is 2. The Bertz CT molecular complexity index is 874. The predicted octanol–water partition coefficient (Wildman–Crippen LogP) is 3.72. The first-order valence-corrected chi connectivity index (χ1v) is 10.8. The van der Waals surface area contributed by atoms with Gasteiger partial charge in [0.05, 0.1) is 10.9 Å². The van der Waals surface area contributed by atoms with E-state index in [9.17, 15) is 13.2 Å². The van der Waals surface area contributed by atoms with Gasteiger partial charge in [-0.25, -0.2) is 8.42 Å².